The molecule has 2 aromatic rings. The van der Waals surface area contributed by atoms with Crippen molar-refractivity contribution >= 4 is 15.4 Å². The highest BCUT2D eigenvalue weighted by Gasteiger charge is 2.29. The van der Waals surface area contributed by atoms with Crippen molar-refractivity contribution in [2.24, 2.45) is 4.36 Å². The Balaban J connectivity index is 2.38. The van der Waals surface area contributed by atoms with Gasteiger partial charge in [-0.15, -0.1) is 0 Å². The molecule has 0 aliphatic heterocycles. The first-order valence-electron chi connectivity index (χ1n) is 6.14. The molecule has 21 heavy (non-hydrogen) atoms. The molecule has 0 fully saturated rings. The summed E-state index contributed by atoms with van der Waals surface area (Å²) in [6, 6.07) is 11.4. The van der Waals surface area contributed by atoms with Gasteiger partial charge in [0.1, 0.15) is 0 Å². The van der Waals surface area contributed by atoms with Gasteiger partial charge in [0.25, 0.3) is 0 Å². The van der Waals surface area contributed by atoms with Crippen LogP contribution in [0.3, 0.4) is 0 Å². The minimum atomic E-state index is -4.39. The van der Waals surface area contributed by atoms with Gasteiger partial charge in [0, 0.05) is 11.2 Å². The molecule has 0 bridgehead atoms. The lowest BCUT2D eigenvalue weighted by Crippen LogP contribution is -2.03. The van der Waals surface area contributed by atoms with E-state index in [1.54, 1.807) is 12.1 Å². The lowest BCUT2D eigenvalue weighted by molar-refractivity contribution is -0.137. The normalized spacial score (nSPS) is 14.5. The fraction of sp³-hybridized carbons (Fsp3) is 0.200. The number of hydrogen-bond acceptors (Lipinski definition) is 2. The van der Waals surface area contributed by atoms with E-state index in [0.717, 1.165) is 17.7 Å². The second-order valence-corrected chi connectivity index (χ2v) is 7.01. The summed E-state index contributed by atoms with van der Waals surface area (Å²) in [5.74, 6) is 0. The van der Waals surface area contributed by atoms with Crippen molar-refractivity contribution in [2.75, 3.05) is 6.26 Å². The Hall–Kier alpha value is -1.82. The number of rotatable bonds is 2. The van der Waals surface area contributed by atoms with Gasteiger partial charge in [-0.2, -0.15) is 17.5 Å². The van der Waals surface area contributed by atoms with Crippen LogP contribution in [-0.2, 0) is 15.9 Å². The Morgan fingerprint density at radius 1 is 0.952 bits per heavy atom. The summed E-state index contributed by atoms with van der Waals surface area (Å²) in [7, 11) is -2.68. The van der Waals surface area contributed by atoms with Crippen LogP contribution in [0.5, 0.6) is 0 Å². The van der Waals surface area contributed by atoms with Crippen LogP contribution in [0, 0.1) is 6.92 Å². The lowest BCUT2D eigenvalue weighted by Gasteiger charge is -2.07. The quantitative estimate of drug-likeness (QED) is 0.783. The molecule has 0 aromatic heterocycles. The molecule has 112 valence electrons. The van der Waals surface area contributed by atoms with Gasteiger partial charge in [0.2, 0.25) is 0 Å². The number of alkyl halides is 3. The van der Waals surface area contributed by atoms with Crippen LogP contribution >= 0.6 is 0 Å². The van der Waals surface area contributed by atoms with Crippen molar-refractivity contribution in [3.63, 3.8) is 0 Å². The standard InChI is InChI=1S/C15H14F3NOS/c1-11-3-9-14(10-4-11)21(2,20)19-13-7-5-12(6-8-13)15(16,17)18/h3-10H,1-2H3. The van der Waals surface area contributed by atoms with Crippen molar-refractivity contribution in [1.82, 2.24) is 0 Å². The lowest BCUT2D eigenvalue weighted by atomic mass is 10.2. The van der Waals surface area contributed by atoms with Crippen molar-refractivity contribution in [3.05, 3.63) is 59.7 Å². The molecule has 0 saturated carbocycles. The first-order chi connectivity index (χ1) is 9.68. The van der Waals surface area contributed by atoms with Crippen molar-refractivity contribution in [1.29, 1.82) is 0 Å². The van der Waals surface area contributed by atoms with Crippen LogP contribution in [0.1, 0.15) is 11.1 Å². The molecule has 0 N–H and O–H groups in total. The zero-order chi connectivity index (χ0) is 15.7. The van der Waals surface area contributed by atoms with Crippen LogP contribution in [-0.4, -0.2) is 10.5 Å². The number of benzene rings is 2. The monoisotopic (exact) mass is 313 g/mol. The maximum atomic E-state index is 12.6. The summed E-state index contributed by atoms with van der Waals surface area (Å²) in [4.78, 5) is 0.549. The van der Waals surface area contributed by atoms with Crippen LogP contribution < -0.4 is 0 Å². The van der Waals surface area contributed by atoms with E-state index in [-0.39, 0.29) is 5.69 Å². The predicted molar refractivity (Wildman–Crippen MR) is 77.0 cm³/mol. The summed E-state index contributed by atoms with van der Waals surface area (Å²) < 4.78 is 54.1. The third-order valence-corrected chi connectivity index (χ3v) is 4.64. The van der Waals surface area contributed by atoms with Gasteiger partial charge in [0.15, 0.2) is 0 Å². The molecular formula is C15H14F3NOS. The summed E-state index contributed by atoms with van der Waals surface area (Å²) in [6.07, 6.45) is -2.92. The Bertz CT molecular complexity index is 740. The highest BCUT2D eigenvalue weighted by atomic mass is 32.2. The third-order valence-electron chi connectivity index (χ3n) is 2.93. The molecular weight excluding hydrogens is 299 g/mol. The molecule has 0 radical (unpaired) electrons. The maximum absolute atomic E-state index is 12.6. The fourth-order valence-electron chi connectivity index (χ4n) is 1.76. The zero-order valence-corrected chi connectivity index (χ0v) is 12.3. The molecule has 1 unspecified atom stereocenters. The van der Waals surface area contributed by atoms with E-state index in [2.05, 4.69) is 4.36 Å². The largest absolute Gasteiger partial charge is 0.416 e. The first-order valence-corrected chi connectivity index (χ1v) is 8.07. The van der Waals surface area contributed by atoms with Gasteiger partial charge in [-0.25, -0.2) is 4.21 Å². The van der Waals surface area contributed by atoms with E-state index < -0.39 is 21.5 Å². The molecule has 2 rings (SSSR count). The highest BCUT2D eigenvalue weighted by Crippen LogP contribution is 2.30. The summed E-state index contributed by atoms with van der Waals surface area (Å²) in [6.45, 7) is 1.91. The fourth-order valence-corrected chi connectivity index (χ4v) is 3.03. The van der Waals surface area contributed by atoms with Crippen LogP contribution in [0.2, 0.25) is 0 Å². The summed E-state index contributed by atoms with van der Waals surface area (Å²) >= 11 is 0. The SMILES string of the molecule is Cc1ccc(S(C)(=O)=Nc2ccc(C(F)(F)F)cc2)cc1. The summed E-state index contributed by atoms with van der Waals surface area (Å²) in [5.41, 5.74) is 0.541. The van der Waals surface area contributed by atoms with Crippen molar-refractivity contribution in [2.45, 2.75) is 18.0 Å². The molecule has 0 aliphatic carbocycles. The van der Waals surface area contributed by atoms with Crippen LogP contribution in [0.4, 0.5) is 18.9 Å². The smallest absolute Gasteiger partial charge is 0.245 e. The highest BCUT2D eigenvalue weighted by molar-refractivity contribution is 7.93. The maximum Gasteiger partial charge on any atom is 0.416 e. The second-order valence-electron chi connectivity index (χ2n) is 4.75. The second kappa shape index (κ2) is 5.52. The number of nitrogens with zero attached hydrogens (tertiary/aromatic N) is 1. The minimum Gasteiger partial charge on any atom is -0.245 e. The number of hydrogen-bond donors (Lipinski definition) is 0. The Morgan fingerprint density at radius 3 is 1.95 bits per heavy atom. The summed E-state index contributed by atoms with van der Waals surface area (Å²) in [5, 5.41) is 0. The Morgan fingerprint density at radius 2 is 1.48 bits per heavy atom. The average molecular weight is 313 g/mol. The van der Waals surface area contributed by atoms with Crippen molar-refractivity contribution < 1.29 is 17.4 Å². The van der Waals surface area contributed by atoms with Crippen LogP contribution in [0.25, 0.3) is 0 Å². The zero-order valence-electron chi connectivity index (χ0n) is 11.5. The molecule has 0 aliphatic rings. The number of halogens is 3. The first kappa shape index (κ1) is 15.6. The predicted octanol–water partition coefficient (Wildman–Crippen LogP) is 4.80. The van der Waals surface area contributed by atoms with Crippen LogP contribution in [0.15, 0.2) is 57.8 Å². The van der Waals surface area contributed by atoms with Gasteiger partial charge >= 0.3 is 6.18 Å². The van der Waals surface area contributed by atoms with E-state index in [0.29, 0.717) is 4.90 Å². The molecule has 0 heterocycles. The van der Waals surface area contributed by atoms with E-state index in [1.807, 2.05) is 19.1 Å². The van der Waals surface area contributed by atoms with Gasteiger partial charge in [0.05, 0.1) is 21.0 Å². The number of aryl methyl sites for hydroxylation is 1. The topological polar surface area (TPSA) is 29.4 Å². The van der Waals surface area contributed by atoms with E-state index in [1.165, 1.54) is 18.4 Å². The van der Waals surface area contributed by atoms with E-state index in [9.17, 15) is 17.4 Å². The molecule has 0 amide bonds. The third kappa shape index (κ3) is 3.85. The molecule has 0 saturated heterocycles. The molecule has 1 atom stereocenters. The van der Waals surface area contributed by atoms with Crippen molar-refractivity contribution in [3.8, 4) is 0 Å². The van der Waals surface area contributed by atoms with Gasteiger partial charge in [-0.05, 0) is 43.3 Å². The minimum absolute atomic E-state index is 0.260. The van der Waals surface area contributed by atoms with E-state index >= 15 is 0 Å². The van der Waals surface area contributed by atoms with Gasteiger partial charge in [-0.1, -0.05) is 17.7 Å². The van der Waals surface area contributed by atoms with Gasteiger partial charge < -0.3 is 0 Å². The molecule has 6 heteroatoms. The average Bonchev–Trinajstić information content (AvgIpc) is 2.38. The Kier molecular flexibility index (Phi) is 4.09. The van der Waals surface area contributed by atoms with Gasteiger partial charge in [-0.3, -0.25) is 0 Å². The molecule has 2 aromatic carbocycles. The Labute approximate surface area is 121 Å². The molecule has 0 spiro atoms. The van der Waals surface area contributed by atoms with E-state index in [4.69, 9.17) is 0 Å². The molecule has 2 nitrogen and oxygen atoms in total.